The minimum Gasteiger partial charge on any atom is -0.490 e. The molecule has 1 amide bonds. The summed E-state index contributed by atoms with van der Waals surface area (Å²) < 4.78 is 11.7. The number of nitrogens with one attached hydrogen (secondary N) is 1. The molecule has 0 saturated heterocycles. The van der Waals surface area contributed by atoms with Crippen molar-refractivity contribution in [3.05, 3.63) is 95.1 Å². The van der Waals surface area contributed by atoms with E-state index in [2.05, 4.69) is 16.6 Å². The Labute approximate surface area is 188 Å². The molecule has 1 N–H and O–H groups in total. The van der Waals surface area contributed by atoms with Gasteiger partial charge in [-0.15, -0.1) is 0 Å². The number of nitriles is 1. The van der Waals surface area contributed by atoms with Gasteiger partial charge in [-0.05, 0) is 48.7 Å². The van der Waals surface area contributed by atoms with Crippen LogP contribution < -0.4 is 14.9 Å². The van der Waals surface area contributed by atoms with Crippen LogP contribution in [0.2, 0.25) is 0 Å². The van der Waals surface area contributed by atoms with E-state index in [1.54, 1.807) is 30.3 Å². The number of carbonyl (C=O) groups excluding carboxylic acids is 1. The molecule has 0 aliphatic carbocycles. The van der Waals surface area contributed by atoms with E-state index < -0.39 is 11.8 Å². The molecule has 0 saturated carbocycles. The number of hydrazone groups is 1. The first-order valence-corrected chi connectivity index (χ1v) is 10.3. The number of amides is 1. The quantitative estimate of drug-likeness (QED) is 0.395. The zero-order chi connectivity index (χ0) is 22.8. The van der Waals surface area contributed by atoms with Crippen LogP contribution in [-0.2, 0) is 11.4 Å². The van der Waals surface area contributed by atoms with Crippen LogP contribution in [0, 0.1) is 18.3 Å². The van der Waals surface area contributed by atoms with Crippen molar-refractivity contribution in [2.45, 2.75) is 26.4 Å². The van der Waals surface area contributed by atoms with Gasteiger partial charge in [0.1, 0.15) is 6.61 Å². The van der Waals surface area contributed by atoms with E-state index in [0.717, 1.165) is 11.1 Å². The van der Waals surface area contributed by atoms with E-state index in [1.807, 2.05) is 56.3 Å². The highest BCUT2D eigenvalue weighted by Crippen LogP contribution is 2.29. The summed E-state index contributed by atoms with van der Waals surface area (Å²) in [4.78, 5) is 12.3. The van der Waals surface area contributed by atoms with Gasteiger partial charge in [-0.1, -0.05) is 60.2 Å². The Bertz CT molecular complexity index is 1120. The van der Waals surface area contributed by atoms with Gasteiger partial charge >= 0.3 is 0 Å². The normalized spacial score (nSPS) is 11.5. The summed E-state index contributed by atoms with van der Waals surface area (Å²) in [6.07, 6.45) is 1.50. The molecule has 3 aromatic rings. The number of hydrogen-bond donors (Lipinski definition) is 1. The smallest absolute Gasteiger partial charge is 0.261 e. The molecular formula is C26H25N3O3. The second-order valence-corrected chi connectivity index (χ2v) is 7.12. The van der Waals surface area contributed by atoms with Crippen molar-refractivity contribution in [3.8, 4) is 17.6 Å². The molecule has 0 aromatic heterocycles. The molecule has 6 heteroatoms. The number of hydrogen-bond acceptors (Lipinski definition) is 5. The number of aryl methyl sites for hydroxylation is 1. The molecule has 0 unspecified atom stereocenters. The predicted molar refractivity (Wildman–Crippen MR) is 124 cm³/mol. The molecule has 0 fully saturated rings. The fourth-order valence-corrected chi connectivity index (χ4v) is 3.12. The average Bonchev–Trinajstić information content (AvgIpc) is 2.80. The standard InChI is InChI=1S/C26H25N3O3/c1-3-31-25-15-20(12-13-24(25)32-18-21-9-7-8-19(2)14-21)17-28-29-26(30)23(16-27)22-10-5-4-6-11-22/h4-15,17,23H,3,18H2,1-2H3,(H,29,30)/b28-17-/t23-/m1/s1. The Morgan fingerprint density at radius 2 is 1.88 bits per heavy atom. The molecule has 32 heavy (non-hydrogen) atoms. The van der Waals surface area contributed by atoms with Crippen LogP contribution in [0.4, 0.5) is 0 Å². The summed E-state index contributed by atoms with van der Waals surface area (Å²) in [6, 6.07) is 24.4. The molecule has 0 aliphatic rings. The molecule has 0 radical (unpaired) electrons. The van der Waals surface area contributed by atoms with E-state index in [1.165, 1.54) is 11.8 Å². The van der Waals surface area contributed by atoms with E-state index in [9.17, 15) is 10.1 Å². The Hall–Kier alpha value is -4.11. The van der Waals surface area contributed by atoms with Crippen LogP contribution in [0.25, 0.3) is 0 Å². The summed E-state index contributed by atoms with van der Waals surface area (Å²) in [5.74, 6) is -0.194. The lowest BCUT2D eigenvalue weighted by atomic mass is 10.0. The van der Waals surface area contributed by atoms with E-state index in [-0.39, 0.29) is 0 Å². The van der Waals surface area contributed by atoms with Crippen LogP contribution in [-0.4, -0.2) is 18.7 Å². The Balaban J connectivity index is 1.66. The Kier molecular flexibility index (Phi) is 7.99. The third kappa shape index (κ3) is 6.19. The number of nitrogens with zero attached hydrogens (tertiary/aromatic N) is 2. The van der Waals surface area contributed by atoms with Crippen molar-refractivity contribution in [3.63, 3.8) is 0 Å². The first-order chi connectivity index (χ1) is 15.6. The van der Waals surface area contributed by atoms with Crippen LogP contribution in [0.3, 0.4) is 0 Å². The monoisotopic (exact) mass is 427 g/mol. The molecule has 0 bridgehead atoms. The SMILES string of the molecule is CCOc1cc(/C=N\NC(=O)[C@H](C#N)c2ccccc2)ccc1OCc1cccc(C)c1. The summed E-state index contributed by atoms with van der Waals surface area (Å²) in [6.45, 7) is 4.86. The van der Waals surface area contributed by atoms with Gasteiger partial charge in [0.25, 0.3) is 5.91 Å². The molecule has 0 heterocycles. The number of rotatable bonds is 9. The van der Waals surface area contributed by atoms with E-state index in [0.29, 0.717) is 30.3 Å². The molecule has 0 spiro atoms. The van der Waals surface area contributed by atoms with Gasteiger partial charge in [0, 0.05) is 0 Å². The van der Waals surface area contributed by atoms with Crippen molar-refractivity contribution in [1.29, 1.82) is 5.26 Å². The molecular weight excluding hydrogens is 402 g/mol. The highest BCUT2D eigenvalue weighted by atomic mass is 16.5. The number of ether oxygens (including phenoxy) is 2. The molecule has 6 nitrogen and oxygen atoms in total. The van der Waals surface area contributed by atoms with Gasteiger partial charge in [0.05, 0.1) is 18.9 Å². The third-order valence-corrected chi connectivity index (χ3v) is 4.66. The topological polar surface area (TPSA) is 83.7 Å². The number of carbonyl (C=O) groups is 1. The summed E-state index contributed by atoms with van der Waals surface area (Å²) in [5.41, 5.74) is 6.03. The second-order valence-electron chi connectivity index (χ2n) is 7.12. The lowest BCUT2D eigenvalue weighted by Crippen LogP contribution is -2.24. The van der Waals surface area contributed by atoms with Crippen molar-refractivity contribution in [2.24, 2.45) is 5.10 Å². The molecule has 0 aliphatic heterocycles. The molecule has 3 aromatic carbocycles. The first-order valence-electron chi connectivity index (χ1n) is 10.3. The highest BCUT2D eigenvalue weighted by Gasteiger charge is 2.19. The maximum absolute atomic E-state index is 12.3. The summed E-state index contributed by atoms with van der Waals surface area (Å²) in [5, 5.41) is 13.3. The third-order valence-electron chi connectivity index (χ3n) is 4.66. The predicted octanol–water partition coefficient (Wildman–Crippen LogP) is 4.73. The van der Waals surface area contributed by atoms with Gasteiger partial charge in [-0.2, -0.15) is 10.4 Å². The van der Waals surface area contributed by atoms with Crippen molar-refractivity contribution in [1.82, 2.24) is 5.43 Å². The molecule has 1 atom stereocenters. The van der Waals surface area contributed by atoms with Crippen LogP contribution in [0.1, 0.15) is 35.1 Å². The summed E-state index contributed by atoms with van der Waals surface area (Å²) in [7, 11) is 0. The van der Waals surface area contributed by atoms with Gasteiger partial charge in [0.15, 0.2) is 17.4 Å². The second kappa shape index (κ2) is 11.3. The highest BCUT2D eigenvalue weighted by molar-refractivity contribution is 5.88. The van der Waals surface area contributed by atoms with Gasteiger partial charge < -0.3 is 9.47 Å². The van der Waals surface area contributed by atoms with Crippen LogP contribution in [0.15, 0.2) is 77.9 Å². The van der Waals surface area contributed by atoms with Crippen LogP contribution >= 0.6 is 0 Å². The first kappa shape index (κ1) is 22.6. The van der Waals surface area contributed by atoms with Crippen molar-refractivity contribution in [2.75, 3.05) is 6.61 Å². The van der Waals surface area contributed by atoms with E-state index in [4.69, 9.17) is 9.47 Å². The van der Waals surface area contributed by atoms with Gasteiger partial charge in [-0.25, -0.2) is 5.43 Å². The zero-order valence-electron chi connectivity index (χ0n) is 18.1. The fraction of sp³-hybridized carbons (Fsp3) is 0.192. The molecule has 3 rings (SSSR count). The minimum atomic E-state index is -0.926. The maximum Gasteiger partial charge on any atom is 0.261 e. The molecule has 162 valence electrons. The van der Waals surface area contributed by atoms with Crippen molar-refractivity contribution < 1.29 is 14.3 Å². The lowest BCUT2D eigenvalue weighted by molar-refractivity contribution is -0.121. The lowest BCUT2D eigenvalue weighted by Gasteiger charge is -2.13. The number of benzene rings is 3. The van der Waals surface area contributed by atoms with E-state index >= 15 is 0 Å². The van der Waals surface area contributed by atoms with Gasteiger partial charge in [-0.3, -0.25) is 4.79 Å². The minimum absolute atomic E-state index is 0.431. The van der Waals surface area contributed by atoms with Gasteiger partial charge in [0.2, 0.25) is 0 Å². The summed E-state index contributed by atoms with van der Waals surface area (Å²) >= 11 is 0. The zero-order valence-corrected chi connectivity index (χ0v) is 18.1. The Morgan fingerprint density at radius 3 is 2.59 bits per heavy atom. The largest absolute Gasteiger partial charge is 0.490 e. The Morgan fingerprint density at radius 1 is 1.06 bits per heavy atom. The van der Waals surface area contributed by atoms with Crippen molar-refractivity contribution >= 4 is 12.1 Å². The maximum atomic E-state index is 12.3. The van der Waals surface area contributed by atoms with Crippen LogP contribution in [0.5, 0.6) is 11.5 Å². The fourth-order valence-electron chi connectivity index (χ4n) is 3.12. The average molecular weight is 428 g/mol.